The van der Waals surface area contributed by atoms with Crippen molar-refractivity contribution in [1.29, 1.82) is 0 Å². The van der Waals surface area contributed by atoms with Crippen molar-refractivity contribution in [2.45, 2.75) is 20.8 Å². The van der Waals surface area contributed by atoms with Gasteiger partial charge in [0.1, 0.15) is 11.5 Å². The number of aryl methyl sites for hydroxylation is 3. The van der Waals surface area contributed by atoms with Crippen molar-refractivity contribution in [2.24, 2.45) is 0 Å². The van der Waals surface area contributed by atoms with Crippen LogP contribution in [0.25, 0.3) is 0 Å². The number of hydrogen-bond acceptors (Lipinski definition) is 2. The second-order valence-corrected chi connectivity index (χ2v) is 4.13. The lowest BCUT2D eigenvalue weighted by Crippen LogP contribution is -1.74. The molecule has 2 N–H and O–H groups in total. The number of phenols is 2. The first-order valence-corrected chi connectivity index (χ1v) is 5.51. The molecule has 0 atom stereocenters. The molecule has 0 heterocycles. The normalized spacial score (nSPS) is 9.35. The van der Waals surface area contributed by atoms with Crippen LogP contribution in [0.5, 0.6) is 11.5 Å². The molecule has 0 fully saturated rings. The highest BCUT2D eigenvalue weighted by Gasteiger charge is 1.91. The molecule has 0 aliphatic rings. The lowest BCUT2D eigenvalue weighted by atomic mass is 10.1. The van der Waals surface area contributed by atoms with Crippen LogP contribution in [0.15, 0.2) is 42.5 Å². The van der Waals surface area contributed by atoms with E-state index >= 15 is 0 Å². The first kappa shape index (κ1) is 13.1. The Kier molecular flexibility index (Phi) is 4.58. The van der Waals surface area contributed by atoms with Gasteiger partial charge < -0.3 is 10.2 Å². The predicted molar refractivity (Wildman–Crippen MR) is 70.4 cm³/mol. The maximum Gasteiger partial charge on any atom is 0.118 e. The summed E-state index contributed by atoms with van der Waals surface area (Å²) in [5.41, 5.74) is 3.20. The fourth-order valence-electron chi connectivity index (χ4n) is 1.26. The van der Waals surface area contributed by atoms with E-state index in [0.29, 0.717) is 11.5 Å². The van der Waals surface area contributed by atoms with Crippen molar-refractivity contribution < 1.29 is 10.2 Å². The van der Waals surface area contributed by atoms with E-state index in [1.165, 1.54) is 5.56 Å². The molecule has 0 spiro atoms. The van der Waals surface area contributed by atoms with Crippen LogP contribution in [0.2, 0.25) is 0 Å². The Morgan fingerprint density at radius 1 is 0.706 bits per heavy atom. The summed E-state index contributed by atoms with van der Waals surface area (Å²) >= 11 is 0. The van der Waals surface area contributed by atoms with Crippen LogP contribution in [0.4, 0.5) is 0 Å². The molecule has 2 nitrogen and oxygen atoms in total. The average Bonchev–Trinajstić information content (AvgIpc) is 2.29. The zero-order chi connectivity index (χ0) is 12.8. The third kappa shape index (κ3) is 4.60. The third-order valence-electron chi connectivity index (χ3n) is 2.40. The number of phenolic OH excluding ortho intramolecular Hbond substituents is 2. The fourth-order valence-corrected chi connectivity index (χ4v) is 1.26. The quantitative estimate of drug-likeness (QED) is 0.724. The van der Waals surface area contributed by atoms with Crippen LogP contribution in [0.3, 0.4) is 0 Å². The largest absolute Gasteiger partial charge is 0.508 e. The van der Waals surface area contributed by atoms with Crippen molar-refractivity contribution in [3.05, 3.63) is 59.2 Å². The molecule has 2 rings (SSSR count). The molecule has 17 heavy (non-hydrogen) atoms. The standard InChI is InChI=1S/C8H10O.C7H8O/c1-6-3-4-7(2)8(9)5-6;1-6-2-4-7(8)5-3-6/h3-5,9H,1-2H3;2-5,8H,1H3. The summed E-state index contributed by atoms with van der Waals surface area (Å²) in [6.45, 7) is 5.83. The first-order valence-electron chi connectivity index (χ1n) is 5.51. The van der Waals surface area contributed by atoms with Crippen LogP contribution in [-0.2, 0) is 0 Å². The molecular weight excluding hydrogens is 212 g/mol. The minimum Gasteiger partial charge on any atom is -0.508 e. The summed E-state index contributed by atoms with van der Waals surface area (Å²) in [6, 6.07) is 12.7. The van der Waals surface area contributed by atoms with Gasteiger partial charge in [-0.25, -0.2) is 0 Å². The van der Waals surface area contributed by atoms with Gasteiger partial charge in [0.25, 0.3) is 0 Å². The van der Waals surface area contributed by atoms with E-state index in [-0.39, 0.29) is 0 Å². The van der Waals surface area contributed by atoms with Gasteiger partial charge in [-0.3, -0.25) is 0 Å². The van der Waals surface area contributed by atoms with E-state index < -0.39 is 0 Å². The lowest BCUT2D eigenvalue weighted by molar-refractivity contribution is 0.470. The molecule has 90 valence electrons. The minimum absolute atomic E-state index is 0.329. The zero-order valence-electron chi connectivity index (χ0n) is 10.4. The second-order valence-electron chi connectivity index (χ2n) is 4.13. The van der Waals surface area contributed by atoms with E-state index in [1.807, 2.05) is 45.0 Å². The summed E-state index contributed by atoms with van der Waals surface area (Å²) in [7, 11) is 0. The van der Waals surface area contributed by atoms with Gasteiger partial charge in [0.15, 0.2) is 0 Å². The highest BCUT2D eigenvalue weighted by molar-refractivity contribution is 5.34. The van der Waals surface area contributed by atoms with Crippen molar-refractivity contribution in [3.8, 4) is 11.5 Å². The molecular formula is C15H18O2. The van der Waals surface area contributed by atoms with Crippen molar-refractivity contribution in [3.63, 3.8) is 0 Å². The molecule has 0 aliphatic carbocycles. The molecule has 0 aromatic heterocycles. The topological polar surface area (TPSA) is 40.5 Å². The molecule has 0 bridgehead atoms. The number of rotatable bonds is 0. The smallest absolute Gasteiger partial charge is 0.118 e. The summed E-state index contributed by atoms with van der Waals surface area (Å²) in [5.74, 6) is 0.714. The van der Waals surface area contributed by atoms with Gasteiger partial charge in [0, 0.05) is 0 Å². The molecule has 0 saturated heterocycles. The maximum atomic E-state index is 9.10. The Balaban J connectivity index is 0.000000171. The SMILES string of the molecule is Cc1ccc(C)c(O)c1.Cc1ccc(O)cc1. The van der Waals surface area contributed by atoms with Crippen molar-refractivity contribution in [1.82, 2.24) is 0 Å². The van der Waals surface area contributed by atoms with E-state index in [9.17, 15) is 0 Å². The molecule has 2 aromatic carbocycles. The Morgan fingerprint density at radius 2 is 1.24 bits per heavy atom. The van der Waals surface area contributed by atoms with Crippen molar-refractivity contribution >= 4 is 0 Å². The second kappa shape index (κ2) is 5.94. The number of aromatic hydroxyl groups is 2. The Bertz CT molecular complexity index is 452. The van der Waals surface area contributed by atoms with Gasteiger partial charge >= 0.3 is 0 Å². The Labute approximate surface area is 102 Å². The average molecular weight is 230 g/mol. The Hall–Kier alpha value is -1.96. The predicted octanol–water partition coefficient (Wildman–Crippen LogP) is 3.71. The van der Waals surface area contributed by atoms with Gasteiger partial charge in [-0.1, -0.05) is 29.8 Å². The van der Waals surface area contributed by atoms with Crippen LogP contribution in [0, 0.1) is 20.8 Å². The van der Waals surface area contributed by atoms with Gasteiger partial charge in [-0.15, -0.1) is 0 Å². The van der Waals surface area contributed by atoms with Gasteiger partial charge in [0.05, 0.1) is 0 Å². The highest BCUT2D eigenvalue weighted by atomic mass is 16.3. The molecule has 2 aromatic rings. The van der Waals surface area contributed by atoms with E-state index in [1.54, 1.807) is 18.2 Å². The summed E-state index contributed by atoms with van der Waals surface area (Å²) in [4.78, 5) is 0. The van der Waals surface area contributed by atoms with Gasteiger partial charge in [0.2, 0.25) is 0 Å². The third-order valence-corrected chi connectivity index (χ3v) is 2.40. The van der Waals surface area contributed by atoms with Crippen LogP contribution < -0.4 is 0 Å². The minimum atomic E-state index is 0.329. The van der Waals surface area contributed by atoms with E-state index in [2.05, 4.69) is 0 Å². The summed E-state index contributed by atoms with van der Waals surface area (Å²) in [5, 5.41) is 17.9. The van der Waals surface area contributed by atoms with Gasteiger partial charge in [-0.2, -0.15) is 0 Å². The summed E-state index contributed by atoms with van der Waals surface area (Å²) < 4.78 is 0. The van der Waals surface area contributed by atoms with E-state index in [0.717, 1.165) is 11.1 Å². The van der Waals surface area contributed by atoms with Crippen LogP contribution in [0.1, 0.15) is 16.7 Å². The first-order chi connectivity index (χ1) is 7.99. The maximum absolute atomic E-state index is 9.10. The number of benzene rings is 2. The molecule has 0 unspecified atom stereocenters. The fraction of sp³-hybridized carbons (Fsp3) is 0.200. The zero-order valence-corrected chi connectivity index (χ0v) is 10.4. The molecule has 0 amide bonds. The van der Waals surface area contributed by atoms with Crippen LogP contribution in [-0.4, -0.2) is 10.2 Å². The highest BCUT2D eigenvalue weighted by Crippen LogP contribution is 2.15. The Morgan fingerprint density at radius 3 is 1.65 bits per heavy atom. The number of hydrogen-bond donors (Lipinski definition) is 2. The van der Waals surface area contributed by atoms with Crippen molar-refractivity contribution in [2.75, 3.05) is 0 Å². The van der Waals surface area contributed by atoms with Gasteiger partial charge in [-0.05, 0) is 50.1 Å². The molecule has 0 radical (unpaired) electrons. The molecule has 2 heteroatoms. The van der Waals surface area contributed by atoms with E-state index in [4.69, 9.17) is 10.2 Å². The summed E-state index contributed by atoms with van der Waals surface area (Å²) in [6.07, 6.45) is 0. The van der Waals surface area contributed by atoms with Crippen LogP contribution >= 0.6 is 0 Å². The lowest BCUT2D eigenvalue weighted by Gasteiger charge is -1.97. The monoisotopic (exact) mass is 230 g/mol. The molecule has 0 saturated carbocycles. The molecule has 0 aliphatic heterocycles.